The summed E-state index contributed by atoms with van der Waals surface area (Å²) in [6.07, 6.45) is 7.53. The van der Waals surface area contributed by atoms with Gasteiger partial charge in [-0.05, 0) is 26.3 Å². The van der Waals surface area contributed by atoms with Gasteiger partial charge >= 0.3 is 0 Å². The zero-order chi connectivity index (χ0) is 16.8. The Hall–Kier alpha value is -1.69. The van der Waals surface area contributed by atoms with Gasteiger partial charge in [0.2, 0.25) is 0 Å². The first-order valence-corrected chi connectivity index (χ1v) is 8.71. The Labute approximate surface area is 137 Å². The maximum atomic E-state index is 12.2. The van der Waals surface area contributed by atoms with Crippen LogP contribution in [0.1, 0.15) is 58.7 Å². The molecular formula is C17H29N5O. The fourth-order valence-electron chi connectivity index (χ4n) is 2.97. The lowest BCUT2D eigenvalue weighted by Crippen LogP contribution is -2.34. The maximum Gasteiger partial charge on any atom is 0.262 e. The van der Waals surface area contributed by atoms with Crippen molar-refractivity contribution in [3.05, 3.63) is 22.4 Å². The molecule has 6 heteroatoms. The van der Waals surface area contributed by atoms with E-state index in [1.165, 1.54) is 19.3 Å². The van der Waals surface area contributed by atoms with Gasteiger partial charge in [-0.1, -0.05) is 33.1 Å². The minimum absolute atomic E-state index is 0.102. The normalized spacial score (nSPS) is 13.1. The SMILES string of the molecule is CCCCCN(Cc1nc2c(cnn2C)c(=O)[nH]1)[C@@H](C)CCC. The number of unbranched alkanes of at least 4 members (excludes halogenated alkanes) is 2. The smallest absolute Gasteiger partial charge is 0.262 e. The molecule has 23 heavy (non-hydrogen) atoms. The molecule has 0 spiro atoms. The number of nitrogens with one attached hydrogen (secondary N) is 1. The molecular weight excluding hydrogens is 290 g/mol. The number of rotatable bonds is 9. The summed E-state index contributed by atoms with van der Waals surface area (Å²) >= 11 is 0. The lowest BCUT2D eigenvalue weighted by molar-refractivity contribution is 0.181. The summed E-state index contributed by atoms with van der Waals surface area (Å²) in [4.78, 5) is 22.1. The first-order chi connectivity index (χ1) is 11.1. The predicted octanol–water partition coefficient (Wildman–Crippen LogP) is 2.84. The van der Waals surface area contributed by atoms with Gasteiger partial charge in [-0.2, -0.15) is 5.10 Å². The van der Waals surface area contributed by atoms with Crippen molar-refractivity contribution in [1.29, 1.82) is 0 Å². The second-order valence-electron chi connectivity index (χ2n) is 6.33. The van der Waals surface area contributed by atoms with Gasteiger partial charge in [-0.15, -0.1) is 0 Å². The number of hydrogen-bond acceptors (Lipinski definition) is 4. The molecule has 0 bridgehead atoms. The number of aromatic nitrogens is 4. The molecule has 2 rings (SSSR count). The molecule has 0 saturated carbocycles. The van der Waals surface area contributed by atoms with Crippen molar-refractivity contribution < 1.29 is 0 Å². The summed E-state index contributed by atoms with van der Waals surface area (Å²) < 4.78 is 1.66. The molecule has 2 heterocycles. The van der Waals surface area contributed by atoms with Gasteiger partial charge < -0.3 is 4.98 Å². The quantitative estimate of drug-likeness (QED) is 0.722. The van der Waals surface area contributed by atoms with Gasteiger partial charge in [0, 0.05) is 13.1 Å². The number of nitrogens with zero attached hydrogens (tertiary/aromatic N) is 4. The van der Waals surface area contributed by atoms with Crippen LogP contribution in [0.2, 0.25) is 0 Å². The van der Waals surface area contributed by atoms with Crippen molar-refractivity contribution in [2.45, 2.75) is 65.5 Å². The molecule has 1 N–H and O–H groups in total. The molecule has 6 nitrogen and oxygen atoms in total. The van der Waals surface area contributed by atoms with Gasteiger partial charge in [0.1, 0.15) is 11.2 Å². The van der Waals surface area contributed by atoms with Crippen molar-refractivity contribution in [3.63, 3.8) is 0 Å². The highest BCUT2D eigenvalue weighted by Crippen LogP contribution is 2.13. The minimum Gasteiger partial charge on any atom is -0.309 e. The highest BCUT2D eigenvalue weighted by atomic mass is 16.1. The Balaban J connectivity index is 2.20. The third kappa shape index (κ3) is 4.41. The monoisotopic (exact) mass is 319 g/mol. The van der Waals surface area contributed by atoms with Crippen molar-refractivity contribution in [3.8, 4) is 0 Å². The van der Waals surface area contributed by atoms with E-state index in [9.17, 15) is 4.79 Å². The molecule has 0 radical (unpaired) electrons. The minimum atomic E-state index is -0.102. The molecule has 2 aromatic heterocycles. The number of aromatic amines is 1. The van der Waals surface area contributed by atoms with E-state index in [-0.39, 0.29) is 5.56 Å². The van der Waals surface area contributed by atoms with Gasteiger partial charge in [0.15, 0.2) is 5.65 Å². The van der Waals surface area contributed by atoms with Crippen molar-refractivity contribution in [1.82, 2.24) is 24.6 Å². The zero-order valence-electron chi connectivity index (χ0n) is 14.8. The van der Waals surface area contributed by atoms with Crippen LogP contribution in [0.25, 0.3) is 11.0 Å². The van der Waals surface area contributed by atoms with Crippen LogP contribution in [0.4, 0.5) is 0 Å². The molecule has 0 aromatic carbocycles. The van der Waals surface area contributed by atoms with Crippen LogP contribution in [0.5, 0.6) is 0 Å². The van der Waals surface area contributed by atoms with Crippen LogP contribution < -0.4 is 5.56 Å². The largest absolute Gasteiger partial charge is 0.309 e. The summed E-state index contributed by atoms with van der Waals surface area (Å²) in [6, 6.07) is 0.490. The van der Waals surface area contributed by atoms with E-state index in [1.54, 1.807) is 10.9 Å². The molecule has 1 atom stereocenters. The summed E-state index contributed by atoms with van der Waals surface area (Å²) in [7, 11) is 1.82. The van der Waals surface area contributed by atoms with Crippen LogP contribution in [0.3, 0.4) is 0 Å². The average molecular weight is 319 g/mol. The second-order valence-corrected chi connectivity index (χ2v) is 6.33. The van der Waals surface area contributed by atoms with Crippen molar-refractivity contribution in [2.75, 3.05) is 6.54 Å². The van der Waals surface area contributed by atoms with Gasteiger partial charge in [-0.25, -0.2) is 4.98 Å². The third-order valence-corrected chi connectivity index (χ3v) is 4.38. The fourth-order valence-corrected chi connectivity index (χ4v) is 2.97. The Morgan fingerprint density at radius 1 is 1.30 bits per heavy atom. The second kappa shape index (κ2) is 8.24. The summed E-state index contributed by atoms with van der Waals surface area (Å²) in [6.45, 7) is 8.41. The van der Waals surface area contributed by atoms with Crippen molar-refractivity contribution in [2.24, 2.45) is 7.05 Å². The molecule has 0 amide bonds. The first kappa shape index (κ1) is 17.7. The summed E-state index contributed by atoms with van der Waals surface area (Å²) in [5.41, 5.74) is 0.551. The third-order valence-electron chi connectivity index (χ3n) is 4.38. The Morgan fingerprint density at radius 3 is 2.78 bits per heavy atom. The molecule has 0 fully saturated rings. The van der Waals surface area contributed by atoms with Gasteiger partial charge in [-0.3, -0.25) is 14.4 Å². The Kier molecular flexibility index (Phi) is 6.33. The maximum absolute atomic E-state index is 12.2. The van der Waals surface area contributed by atoms with Crippen LogP contribution in [0, 0.1) is 0 Å². The zero-order valence-corrected chi connectivity index (χ0v) is 14.8. The lowest BCUT2D eigenvalue weighted by atomic mass is 10.1. The van der Waals surface area contributed by atoms with E-state index >= 15 is 0 Å². The van der Waals surface area contributed by atoms with Crippen LogP contribution in [0.15, 0.2) is 11.0 Å². The fraction of sp³-hybridized carbons (Fsp3) is 0.706. The summed E-state index contributed by atoms with van der Waals surface area (Å²) in [5.74, 6) is 0.727. The summed E-state index contributed by atoms with van der Waals surface area (Å²) in [5, 5.41) is 4.67. The van der Waals surface area contributed by atoms with E-state index in [0.717, 1.165) is 25.2 Å². The van der Waals surface area contributed by atoms with Crippen LogP contribution in [-0.4, -0.2) is 37.2 Å². The lowest BCUT2D eigenvalue weighted by Gasteiger charge is -2.28. The highest BCUT2D eigenvalue weighted by molar-refractivity contribution is 5.72. The van der Waals surface area contributed by atoms with E-state index in [2.05, 4.69) is 40.7 Å². The van der Waals surface area contributed by atoms with Gasteiger partial charge in [0.25, 0.3) is 5.56 Å². The molecule has 0 unspecified atom stereocenters. The molecule has 128 valence electrons. The van der Waals surface area contributed by atoms with E-state index in [1.807, 2.05) is 7.05 Å². The van der Waals surface area contributed by atoms with Crippen LogP contribution in [-0.2, 0) is 13.6 Å². The molecule has 0 aliphatic heterocycles. The molecule has 2 aromatic rings. The van der Waals surface area contributed by atoms with E-state index in [0.29, 0.717) is 23.6 Å². The molecule has 0 aliphatic rings. The Morgan fingerprint density at radius 2 is 2.09 bits per heavy atom. The number of hydrogen-bond donors (Lipinski definition) is 1. The van der Waals surface area contributed by atoms with Crippen LogP contribution >= 0.6 is 0 Å². The number of fused-ring (bicyclic) bond motifs is 1. The Bertz CT molecular complexity index is 675. The van der Waals surface area contributed by atoms with Gasteiger partial charge in [0.05, 0.1) is 12.7 Å². The highest BCUT2D eigenvalue weighted by Gasteiger charge is 2.16. The first-order valence-electron chi connectivity index (χ1n) is 8.71. The predicted molar refractivity (Wildman–Crippen MR) is 93.4 cm³/mol. The molecule has 0 aliphatic carbocycles. The number of aryl methyl sites for hydroxylation is 1. The van der Waals surface area contributed by atoms with Crippen molar-refractivity contribution >= 4 is 11.0 Å². The van der Waals surface area contributed by atoms with E-state index in [4.69, 9.17) is 0 Å². The topological polar surface area (TPSA) is 66.8 Å². The number of H-pyrrole nitrogens is 1. The van der Waals surface area contributed by atoms with E-state index < -0.39 is 0 Å². The molecule has 0 saturated heterocycles. The average Bonchev–Trinajstić information content (AvgIpc) is 2.89. The standard InChI is InChI=1S/C17H29N5O/c1-5-7-8-10-22(13(3)9-6-2)12-15-19-16-14(17(23)20-15)11-18-21(16)4/h11,13H,5-10,12H2,1-4H3,(H,19,20,23)/t13-/m0/s1.